The number of nitrogens with one attached hydrogen (secondary N) is 2. The fraction of sp³-hybridized carbons (Fsp3) is 0.500. The SMILES string of the molecule is CCC(C)(C)[C@H]1CCc2[nH]nc(C(=O)N/N=C\c3ccc(OC)c(OC)c3)c2C1. The highest BCUT2D eigenvalue weighted by Gasteiger charge is 2.34. The Morgan fingerprint density at radius 1 is 1.34 bits per heavy atom. The van der Waals surface area contributed by atoms with Crippen LogP contribution in [0.4, 0.5) is 0 Å². The Bertz CT molecular complexity index is 901. The summed E-state index contributed by atoms with van der Waals surface area (Å²) in [6, 6.07) is 5.43. The molecule has 0 unspecified atom stereocenters. The predicted octanol–water partition coefficient (Wildman–Crippen LogP) is 3.73. The first-order chi connectivity index (χ1) is 13.9. The lowest BCUT2D eigenvalue weighted by Crippen LogP contribution is -2.30. The van der Waals surface area contributed by atoms with Crippen LogP contribution in [0.3, 0.4) is 0 Å². The number of hydrazone groups is 1. The summed E-state index contributed by atoms with van der Waals surface area (Å²) >= 11 is 0. The normalized spacial score (nSPS) is 16.5. The van der Waals surface area contributed by atoms with Crippen molar-refractivity contribution in [3.8, 4) is 11.5 Å². The van der Waals surface area contributed by atoms with Crippen molar-refractivity contribution in [2.45, 2.75) is 46.5 Å². The number of carbonyl (C=O) groups is 1. The topological polar surface area (TPSA) is 88.6 Å². The minimum atomic E-state index is -0.297. The maximum atomic E-state index is 12.7. The van der Waals surface area contributed by atoms with E-state index < -0.39 is 0 Å². The molecule has 1 heterocycles. The van der Waals surface area contributed by atoms with Crippen molar-refractivity contribution in [1.29, 1.82) is 0 Å². The van der Waals surface area contributed by atoms with Gasteiger partial charge >= 0.3 is 0 Å². The molecule has 2 N–H and O–H groups in total. The first kappa shape index (κ1) is 20.9. The van der Waals surface area contributed by atoms with Crippen LogP contribution >= 0.6 is 0 Å². The third kappa shape index (κ3) is 4.44. The number of ether oxygens (including phenoxy) is 2. The monoisotopic (exact) mass is 398 g/mol. The van der Waals surface area contributed by atoms with E-state index in [1.807, 2.05) is 6.07 Å². The highest BCUT2D eigenvalue weighted by molar-refractivity contribution is 5.94. The third-order valence-electron chi connectivity index (χ3n) is 6.16. The van der Waals surface area contributed by atoms with Gasteiger partial charge in [0.2, 0.25) is 0 Å². The summed E-state index contributed by atoms with van der Waals surface area (Å²) in [7, 11) is 3.16. The second kappa shape index (κ2) is 8.68. The Kier molecular flexibility index (Phi) is 6.25. The molecule has 1 amide bonds. The van der Waals surface area contributed by atoms with Crippen LogP contribution in [0.15, 0.2) is 23.3 Å². The van der Waals surface area contributed by atoms with Crippen molar-refractivity contribution >= 4 is 12.1 Å². The number of amides is 1. The molecular weight excluding hydrogens is 368 g/mol. The third-order valence-corrected chi connectivity index (χ3v) is 6.16. The quantitative estimate of drug-likeness (QED) is 0.549. The fourth-order valence-electron chi connectivity index (χ4n) is 3.79. The van der Waals surface area contributed by atoms with Crippen LogP contribution in [0, 0.1) is 11.3 Å². The summed E-state index contributed by atoms with van der Waals surface area (Å²) in [6.07, 6.45) is 5.60. The first-order valence-electron chi connectivity index (χ1n) is 10.0. The molecule has 7 heteroatoms. The maximum Gasteiger partial charge on any atom is 0.292 e. The zero-order valence-electron chi connectivity index (χ0n) is 17.8. The molecule has 0 saturated carbocycles. The molecule has 1 aromatic carbocycles. The molecule has 0 fully saturated rings. The molecule has 1 atom stereocenters. The molecule has 0 bridgehead atoms. The molecule has 1 aliphatic carbocycles. The van der Waals surface area contributed by atoms with Gasteiger partial charge in [-0.15, -0.1) is 0 Å². The van der Waals surface area contributed by atoms with Gasteiger partial charge in [0.1, 0.15) is 0 Å². The number of aromatic nitrogens is 2. The number of hydrogen-bond acceptors (Lipinski definition) is 5. The summed E-state index contributed by atoms with van der Waals surface area (Å²) in [5.41, 5.74) is 6.17. The number of methoxy groups -OCH3 is 2. The van der Waals surface area contributed by atoms with E-state index in [1.165, 1.54) is 0 Å². The number of carbonyl (C=O) groups excluding carboxylic acids is 1. The standard InChI is InChI=1S/C22H30N4O3/c1-6-22(2,3)15-8-9-17-16(12-15)20(25-24-17)21(27)26-23-13-14-7-10-18(28-4)19(11-14)29-5/h7,10-11,13,15H,6,8-9,12H2,1-5H3,(H,24,25)(H,26,27)/b23-13-/t15-/m0/s1. The summed E-state index contributed by atoms with van der Waals surface area (Å²) < 4.78 is 10.5. The van der Waals surface area contributed by atoms with Gasteiger partial charge in [-0.2, -0.15) is 10.2 Å². The van der Waals surface area contributed by atoms with E-state index >= 15 is 0 Å². The molecule has 0 saturated heterocycles. The van der Waals surface area contributed by atoms with Crippen molar-refractivity contribution in [2.75, 3.05) is 14.2 Å². The van der Waals surface area contributed by atoms with E-state index in [2.05, 4.69) is 41.5 Å². The summed E-state index contributed by atoms with van der Waals surface area (Å²) in [5.74, 6) is 1.49. The van der Waals surface area contributed by atoms with E-state index in [0.717, 1.165) is 42.5 Å². The van der Waals surface area contributed by atoms with Crippen molar-refractivity contribution in [2.24, 2.45) is 16.4 Å². The number of fused-ring (bicyclic) bond motifs is 1. The number of rotatable bonds is 7. The number of aromatic amines is 1. The first-order valence-corrected chi connectivity index (χ1v) is 10.0. The van der Waals surface area contributed by atoms with E-state index in [9.17, 15) is 4.79 Å². The van der Waals surface area contributed by atoms with E-state index in [4.69, 9.17) is 9.47 Å². The van der Waals surface area contributed by atoms with Gasteiger partial charge in [-0.05, 0) is 54.4 Å². The summed E-state index contributed by atoms with van der Waals surface area (Å²) in [5, 5.41) is 11.4. The van der Waals surface area contributed by atoms with Crippen LogP contribution in [-0.4, -0.2) is 36.5 Å². The maximum absolute atomic E-state index is 12.7. The highest BCUT2D eigenvalue weighted by Crippen LogP contribution is 2.40. The van der Waals surface area contributed by atoms with Crippen LogP contribution in [0.5, 0.6) is 11.5 Å². The molecule has 29 heavy (non-hydrogen) atoms. The van der Waals surface area contributed by atoms with Gasteiger partial charge in [0.05, 0.1) is 20.4 Å². The van der Waals surface area contributed by atoms with Crippen molar-refractivity contribution < 1.29 is 14.3 Å². The number of H-pyrrole nitrogens is 1. The van der Waals surface area contributed by atoms with Crippen molar-refractivity contribution in [1.82, 2.24) is 15.6 Å². The average Bonchev–Trinajstić information content (AvgIpc) is 3.16. The van der Waals surface area contributed by atoms with Gasteiger partial charge < -0.3 is 9.47 Å². The minimum Gasteiger partial charge on any atom is -0.493 e. The Balaban J connectivity index is 1.70. The van der Waals surface area contributed by atoms with Gasteiger partial charge in [0, 0.05) is 11.3 Å². The van der Waals surface area contributed by atoms with Crippen LogP contribution in [0.2, 0.25) is 0 Å². The Hall–Kier alpha value is -2.83. The molecule has 3 rings (SSSR count). The fourth-order valence-corrected chi connectivity index (χ4v) is 3.79. The van der Waals surface area contributed by atoms with Crippen LogP contribution in [-0.2, 0) is 12.8 Å². The second-order valence-corrected chi connectivity index (χ2v) is 8.12. The molecule has 2 aromatic rings. The van der Waals surface area contributed by atoms with Gasteiger partial charge in [-0.1, -0.05) is 27.2 Å². The zero-order chi connectivity index (χ0) is 21.0. The van der Waals surface area contributed by atoms with Gasteiger partial charge in [-0.3, -0.25) is 9.89 Å². The smallest absolute Gasteiger partial charge is 0.292 e. The van der Waals surface area contributed by atoms with E-state index in [0.29, 0.717) is 23.1 Å². The number of aryl methyl sites for hydroxylation is 1. The zero-order valence-corrected chi connectivity index (χ0v) is 17.8. The molecule has 0 spiro atoms. The number of nitrogens with zero attached hydrogens (tertiary/aromatic N) is 2. The Morgan fingerprint density at radius 3 is 2.79 bits per heavy atom. The largest absolute Gasteiger partial charge is 0.493 e. The van der Waals surface area contributed by atoms with Crippen LogP contribution in [0.1, 0.15) is 60.9 Å². The van der Waals surface area contributed by atoms with Crippen molar-refractivity contribution in [3.63, 3.8) is 0 Å². The van der Waals surface area contributed by atoms with E-state index in [-0.39, 0.29) is 11.3 Å². The van der Waals surface area contributed by atoms with Gasteiger partial charge in [0.25, 0.3) is 5.91 Å². The molecule has 0 radical (unpaired) electrons. The molecule has 1 aliphatic rings. The average molecular weight is 399 g/mol. The lowest BCUT2D eigenvalue weighted by molar-refractivity contribution is 0.0947. The van der Waals surface area contributed by atoms with Crippen molar-refractivity contribution in [3.05, 3.63) is 40.7 Å². The molecule has 7 nitrogen and oxygen atoms in total. The summed E-state index contributed by atoms with van der Waals surface area (Å²) in [6.45, 7) is 6.83. The van der Waals surface area contributed by atoms with E-state index in [1.54, 1.807) is 32.6 Å². The molecule has 0 aliphatic heterocycles. The van der Waals surface area contributed by atoms with Gasteiger partial charge in [-0.25, -0.2) is 5.43 Å². The van der Waals surface area contributed by atoms with Crippen LogP contribution < -0.4 is 14.9 Å². The molecule has 1 aromatic heterocycles. The Morgan fingerprint density at radius 2 is 2.10 bits per heavy atom. The Labute approximate surface area is 171 Å². The molecule has 156 valence electrons. The number of benzene rings is 1. The lowest BCUT2D eigenvalue weighted by atomic mass is 9.69. The lowest BCUT2D eigenvalue weighted by Gasteiger charge is -2.36. The molecular formula is C22H30N4O3. The summed E-state index contributed by atoms with van der Waals surface area (Å²) in [4.78, 5) is 12.7. The minimum absolute atomic E-state index is 0.244. The highest BCUT2D eigenvalue weighted by atomic mass is 16.5. The second-order valence-electron chi connectivity index (χ2n) is 8.12. The number of hydrogen-bond donors (Lipinski definition) is 2. The van der Waals surface area contributed by atoms with Crippen LogP contribution in [0.25, 0.3) is 0 Å². The van der Waals surface area contributed by atoms with Gasteiger partial charge in [0.15, 0.2) is 17.2 Å². The predicted molar refractivity (Wildman–Crippen MR) is 113 cm³/mol.